The van der Waals surface area contributed by atoms with Gasteiger partial charge in [0.25, 0.3) is 11.8 Å². The van der Waals surface area contributed by atoms with Gasteiger partial charge in [-0.2, -0.15) is 0 Å². The van der Waals surface area contributed by atoms with E-state index in [1.807, 2.05) is 26.0 Å². The molecule has 3 saturated carbocycles. The molecule has 4 fully saturated rings. The Bertz CT molecular complexity index is 2060. The van der Waals surface area contributed by atoms with Gasteiger partial charge < -0.3 is 64.1 Å². The summed E-state index contributed by atoms with van der Waals surface area (Å²) in [6.45, 7) is 13.1. The van der Waals surface area contributed by atoms with E-state index in [-0.39, 0.29) is 62.1 Å². The topological polar surface area (TPSA) is 297 Å². The monoisotopic (exact) mass is 959 g/mol. The zero-order valence-electron chi connectivity index (χ0n) is 41.6. The largest absolute Gasteiger partial charge is 0.497 e. The van der Waals surface area contributed by atoms with E-state index in [0.29, 0.717) is 43.2 Å². The molecule has 0 radical (unpaired) electrons. The molecule has 18 nitrogen and oxygen atoms in total. The number of hydrogen-bond donors (Lipinski definition) is 10. The normalized spacial score (nSPS) is 22.2. The molecule has 1 saturated heterocycles. The quantitative estimate of drug-likeness (QED) is 0.0351. The van der Waals surface area contributed by atoms with E-state index >= 15 is 0 Å². The molecule has 3 aliphatic carbocycles. The van der Waals surface area contributed by atoms with Crippen LogP contribution in [-0.2, 0) is 39.7 Å². The Morgan fingerprint density at radius 2 is 1.32 bits per heavy atom. The Hall–Kier alpha value is -4.92. The molecule has 69 heavy (non-hydrogen) atoms. The van der Waals surface area contributed by atoms with Crippen LogP contribution in [0.1, 0.15) is 128 Å². The van der Waals surface area contributed by atoms with Gasteiger partial charge in [0.1, 0.15) is 24.2 Å². The first-order valence-corrected chi connectivity index (χ1v) is 25.0. The second kappa shape index (κ2) is 25.3. The number of amides is 6. The molecule has 0 aromatic heterocycles. The average Bonchev–Trinajstić information content (AvgIpc) is 3.69. The van der Waals surface area contributed by atoms with Gasteiger partial charge in [-0.05, 0) is 136 Å². The molecule has 2 bridgehead atoms. The predicted molar refractivity (Wildman–Crippen MR) is 266 cm³/mol. The molecule has 6 amide bonds. The first-order chi connectivity index (χ1) is 32.8. The minimum absolute atomic E-state index is 0.0132. The molecule has 9 atom stereocenters. The van der Waals surface area contributed by atoms with Crippen molar-refractivity contribution in [3.05, 3.63) is 59.7 Å². The number of unbranched alkanes of at least 4 members (excludes halogenated alkanes) is 2. The Labute approximate surface area is 408 Å². The molecule has 1 unspecified atom stereocenters. The first-order valence-electron chi connectivity index (χ1n) is 25.0. The highest BCUT2D eigenvalue weighted by Crippen LogP contribution is 2.65. The fraction of sp³-hybridized carbons (Fsp3) is 0.640. The molecular weight excluding hydrogens is 879 g/mol. The Morgan fingerprint density at radius 3 is 1.94 bits per heavy atom. The Morgan fingerprint density at radius 1 is 0.725 bits per heavy atom. The zero-order chi connectivity index (χ0) is 50.5. The van der Waals surface area contributed by atoms with Crippen LogP contribution >= 0.6 is 0 Å². The summed E-state index contributed by atoms with van der Waals surface area (Å²) in [4.78, 5) is 80.6. The van der Waals surface area contributed by atoms with Crippen molar-refractivity contribution in [3.8, 4) is 11.1 Å². The maximum Gasteiger partial charge on any atom is 0.497 e. The Kier molecular flexibility index (Phi) is 20.2. The van der Waals surface area contributed by atoms with Crippen LogP contribution in [0.2, 0.25) is 0 Å². The average molecular weight is 959 g/mol. The maximum absolute atomic E-state index is 13.7. The number of hydrogen-bond acceptors (Lipinski definition) is 12. The molecule has 0 spiro atoms. The van der Waals surface area contributed by atoms with Crippen molar-refractivity contribution in [2.24, 2.45) is 46.1 Å². The number of carbonyl (C=O) groups excluding carboxylic acids is 6. The highest BCUT2D eigenvalue weighted by molar-refractivity contribution is 6.47. The van der Waals surface area contributed by atoms with Crippen molar-refractivity contribution >= 4 is 42.6 Å². The van der Waals surface area contributed by atoms with Crippen molar-refractivity contribution in [2.45, 2.75) is 161 Å². The van der Waals surface area contributed by atoms with Gasteiger partial charge in [-0.25, -0.2) is 0 Å². The maximum atomic E-state index is 13.7. The minimum atomic E-state index is -1.61. The second-order valence-electron chi connectivity index (χ2n) is 20.3. The third-order valence-electron chi connectivity index (χ3n) is 14.3. The summed E-state index contributed by atoms with van der Waals surface area (Å²) < 4.78 is 12.7. The molecule has 2 aromatic rings. The number of benzene rings is 2. The van der Waals surface area contributed by atoms with Crippen molar-refractivity contribution in [3.63, 3.8) is 0 Å². The molecular formula is C50H79BN10O8. The molecule has 14 N–H and O–H groups in total. The Balaban J connectivity index is 1.11. The van der Waals surface area contributed by atoms with Crippen LogP contribution in [-0.4, -0.2) is 104 Å². The summed E-state index contributed by atoms with van der Waals surface area (Å²) >= 11 is 0. The fourth-order valence-electron chi connectivity index (χ4n) is 10.0. The first kappa shape index (κ1) is 55.0. The lowest BCUT2D eigenvalue weighted by Gasteiger charge is -2.64. The highest BCUT2D eigenvalue weighted by atomic mass is 16.7. The summed E-state index contributed by atoms with van der Waals surface area (Å²) in [6.07, 6.45) is 5.36. The van der Waals surface area contributed by atoms with E-state index in [1.165, 1.54) is 5.56 Å². The minimum Gasteiger partial charge on any atom is -0.403 e. The second-order valence-corrected chi connectivity index (χ2v) is 20.3. The van der Waals surface area contributed by atoms with E-state index in [4.69, 9.17) is 32.2 Å². The van der Waals surface area contributed by atoms with Gasteiger partial charge in [0.2, 0.25) is 23.6 Å². The summed E-state index contributed by atoms with van der Waals surface area (Å²) in [5, 5.41) is 16.1. The van der Waals surface area contributed by atoms with E-state index < -0.39 is 72.6 Å². The summed E-state index contributed by atoms with van der Waals surface area (Å²) in [5.74, 6) is -2.83. The fourth-order valence-corrected chi connectivity index (χ4v) is 10.0. The van der Waals surface area contributed by atoms with Gasteiger partial charge in [-0.1, -0.05) is 77.4 Å². The summed E-state index contributed by atoms with van der Waals surface area (Å²) in [5.41, 5.74) is 27.5. The van der Waals surface area contributed by atoms with Crippen molar-refractivity contribution in [1.82, 2.24) is 31.9 Å². The van der Waals surface area contributed by atoms with Crippen LogP contribution in [0.5, 0.6) is 0 Å². The summed E-state index contributed by atoms with van der Waals surface area (Å²) in [7, 11) is -0.878. The molecule has 1 aliphatic heterocycles. The van der Waals surface area contributed by atoms with E-state index in [2.05, 4.69) is 83.9 Å². The molecule has 1 heterocycles. The van der Waals surface area contributed by atoms with Gasteiger partial charge in [-0.15, -0.1) is 0 Å². The SMILES string of the molecule is CCCCc1ccc(-c2ccc(C(=O)NCCC(=O)N[C@@H](CCCCN)C(=O)N[C@@H](CCCN)C(=O)N[C@@H](N)C(=O)N[C@@H](CC(C)C)C(=O)N[C@@H](N)B3OC4C[C@@H]5C[C@@H](C5(C)C)[C@]4(C)O3)cc2)cc1. The van der Waals surface area contributed by atoms with Crippen molar-refractivity contribution in [2.75, 3.05) is 19.6 Å². The van der Waals surface area contributed by atoms with E-state index in [0.717, 1.165) is 43.2 Å². The summed E-state index contributed by atoms with van der Waals surface area (Å²) in [6, 6.07) is 11.3. The van der Waals surface area contributed by atoms with Crippen LogP contribution in [0, 0.1) is 23.2 Å². The van der Waals surface area contributed by atoms with Crippen LogP contribution in [0.15, 0.2) is 48.5 Å². The zero-order valence-corrected chi connectivity index (χ0v) is 41.6. The number of nitrogens with one attached hydrogen (secondary N) is 6. The van der Waals surface area contributed by atoms with E-state index in [9.17, 15) is 28.8 Å². The van der Waals surface area contributed by atoms with Crippen molar-refractivity contribution in [1.29, 1.82) is 0 Å². The molecule has 380 valence electrons. The standard InChI is InChI=1S/C50H79BN10O8/c1-7-8-12-31-15-17-32(18-16-31)33-19-21-34(22-20-33)43(63)56-26-23-41(62)57-36(13-9-10-24-52)44(64)58-37(14-11-25-53)45(65)60-42(54)47(67)59-38(27-30(2)3)46(66)61-48(55)51-68-40-29-35-28-39(49(35,4)5)50(40,6)69-51/h15-22,30,35-40,42,48H,7-14,23-29,52-55H2,1-6H3,(H,56,63)(H,57,62)(H,58,64)(H,59,67)(H,60,65)(H,61,66)/t35-,36-,37-,38-,39-,40?,42+,48+,50-/m0/s1. The van der Waals surface area contributed by atoms with Gasteiger partial charge in [0.05, 0.1) is 11.7 Å². The number of aryl methyl sites for hydroxylation is 1. The van der Waals surface area contributed by atoms with Gasteiger partial charge in [-0.3, -0.25) is 28.8 Å². The van der Waals surface area contributed by atoms with Crippen molar-refractivity contribution < 1.29 is 38.1 Å². The molecule has 2 aromatic carbocycles. The third kappa shape index (κ3) is 14.6. The van der Waals surface area contributed by atoms with Gasteiger partial charge >= 0.3 is 7.12 Å². The van der Waals surface area contributed by atoms with E-state index in [1.54, 1.807) is 12.1 Å². The number of rotatable bonds is 27. The van der Waals surface area contributed by atoms with Gasteiger partial charge in [0, 0.05) is 18.5 Å². The number of nitrogens with two attached hydrogens (primary N) is 4. The number of carbonyl (C=O) groups is 6. The predicted octanol–water partition coefficient (Wildman–Crippen LogP) is 2.25. The smallest absolute Gasteiger partial charge is 0.403 e. The third-order valence-corrected chi connectivity index (χ3v) is 14.3. The lowest BCUT2D eigenvalue weighted by atomic mass is 9.43. The van der Waals surface area contributed by atoms with Crippen LogP contribution in [0.3, 0.4) is 0 Å². The lowest BCUT2D eigenvalue weighted by molar-refractivity contribution is -0.199. The highest BCUT2D eigenvalue weighted by Gasteiger charge is 2.68. The van der Waals surface area contributed by atoms with Gasteiger partial charge in [0.15, 0.2) is 6.17 Å². The van der Waals surface area contributed by atoms with Crippen LogP contribution in [0.4, 0.5) is 0 Å². The molecule has 6 rings (SSSR count). The molecule has 19 heteroatoms. The lowest BCUT2D eigenvalue weighted by Crippen LogP contribution is -2.65. The molecule has 4 aliphatic rings. The van der Waals surface area contributed by atoms with Crippen LogP contribution in [0.25, 0.3) is 11.1 Å². The van der Waals surface area contributed by atoms with Crippen LogP contribution < -0.4 is 54.8 Å².